The van der Waals surface area contributed by atoms with E-state index in [0.717, 1.165) is 32.3 Å². The van der Waals surface area contributed by atoms with Crippen molar-refractivity contribution in [1.82, 2.24) is 9.97 Å². The van der Waals surface area contributed by atoms with Gasteiger partial charge >= 0.3 is 0 Å². The highest BCUT2D eigenvalue weighted by Crippen LogP contribution is 2.35. The molecular weight excluding hydrogens is 288 g/mol. The first-order valence-corrected chi connectivity index (χ1v) is 8.18. The lowest BCUT2D eigenvalue weighted by molar-refractivity contribution is 0.415. The first kappa shape index (κ1) is 13.5. The van der Waals surface area contributed by atoms with E-state index in [4.69, 9.17) is 4.74 Å². The minimum Gasteiger partial charge on any atom is -0.497 e. The van der Waals surface area contributed by atoms with Gasteiger partial charge in [-0.1, -0.05) is 13.8 Å². The topological polar surface area (TPSA) is 35.0 Å². The Morgan fingerprint density at radius 1 is 1.25 bits per heavy atom. The third kappa shape index (κ3) is 2.69. The molecular formula is C15H16N2OS2. The fraction of sp³-hybridized carbons (Fsp3) is 0.333. The third-order valence-corrected chi connectivity index (χ3v) is 5.15. The zero-order valence-corrected chi connectivity index (χ0v) is 13.3. The number of thiazole rings is 2. The Labute approximate surface area is 126 Å². The van der Waals surface area contributed by atoms with Gasteiger partial charge < -0.3 is 4.74 Å². The second kappa shape index (κ2) is 5.50. The van der Waals surface area contributed by atoms with Crippen molar-refractivity contribution in [3.05, 3.63) is 29.4 Å². The van der Waals surface area contributed by atoms with Gasteiger partial charge in [0.25, 0.3) is 0 Å². The van der Waals surface area contributed by atoms with E-state index in [1.807, 2.05) is 24.4 Å². The summed E-state index contributed by atoms with van der Waals surface area (Å²) in [7, 11) is 1.69. The lowest BCUT2D eigenvalue weighted by Crippen LogP contribution is -1.91. The van der Waals surface area contributed by atoms with Crippen LogP contribution in [0, 0.1) is 5.92 Å². The molecule has 3 aromatic rings. The van der Waals surface area contributed by atoms with Crippen molar-refractivity contribution in [2.45, 2.75) is 20.3 Å². The molecule has 1 aromatic carbocycles. The highest BCUT2D eigenvalue weighted by molar-refractivity contribution is 7.25. The number of hydrogen-bond acceptors (Lipinski definition) is 5. The molecule has 0 aliphatic heterocycles. The van der Waals surface area contributed by atoms with Crippen LogP contribution in [0.5, 0.6) is 5.75 Å². The molecule has 2 aromatic heterocycles. The van der Waals surface area contributed by atoms with Crippen molar-refractivity contribution in [3.8, 4) is 15.6 Å². The molecule has 0 amide bonds. The van der Waals surface area contributed by atoms with E-state index in [1.165, 1.54) is 5.01 Å². The van der Waals surface area contributed by atoms with Gasteiger partial charge in [0.1, 0.15) is 10.8 Å². The average molecular weight is 304 g/mol. The normalized spacial score (nSPS) is 11.4. The molecule has 3 rings (SSSR count). The Balaban J connectivity index is 1.95. The molecule has 20 heavy (non-hydrogen) atoms. The maximum absolute atomic E-state index is 5.25. The Hall–Kier alpha value is -1.46. The van der Waals surface area contributed by atoms with Crippen molar-refractivity contribution in [2.24, 2.45) is 5.92 Å². The first-order valence-electron chi connectivity index (χ1n) is 6.55. The minimum atomic E-state index is 0.633. The van der Waals surface area contributed by atoms with Gasteiger partial charge in [-0.15, -0.1) is 22.7 Å². The Bertz CT molecular complexity index is 730. The number of ether oxygens (including phenoxy) is 1. The van der Waals surface area contributed by atoms with Crippen LogP contribution in [0.25, 0.3) is 20.1 Å². The second-order valence-corrected chi connectivity index (χ2v) is 7.21. The first-order chi connectivity index (χ1) is 9.65. The molecule has 104 valence electrons. The maximum Gasteiger partial charge on any atom is 0.136 e. The quantitative estimate of drug-likeness (QED) is 0.705. The summed E-state index contributed by atoms with van der Waals surface area (Å²) in [6, 6.07) is 5.99. The molecule has 2 heterocycles. The summed E-state index contributed by atoms with van der Waals surface area (Å²) in [4.78, 5) is 10.3. The largest absolute Gasteiger partial charge is 0.497 e. The SMILES string of the molecule is COc1ccc2nc(-c3cnc(CC(C)C)s3)sc2c1. The summed E-state index contributed by atoms with van der Waals surface area (Å²) in [6.07, 6.45) is 2.97. The number of fused-ring (bicyclic) bond motifs is 1. The van der Waals surface area contributed by atoms with Gasteiger partial charge in [0.2, 0.25) is 0 Å². The van der Waals surface area contributed by atoms with Crippen LogP contribution in [-0.4, -0.2) is 17.1 Å². The fourth-order valence-electron chi connectivity index (χ4n) is 1.99. The summed E-state index contributed by atoms with van der Waals surface area (Å²) in [6.45, 7) is 4.43. The van der Waals surface area contributed by atoms with Crippen LogP contribution in [-0.2, 0) is 6.42 Å². The molecule has 0 atom stereocenters. The van der Waals surface area contributed by atoms with E-state index in [0.29, 0.717) is 5.92 Å². The Kier molecular flexibility index (Phi) is 3.72. The van der Waals surface area contributed by atoms with Gasteiger partial charge in [0.15, 0.2) is 0 Å². The Morgan fingerprint density at radius 3 is 2.85 bits per heavy atom. The minimum absolute atomic E-state index is 0.633. The fourth-order valence-corrected chi connectivity index (χ4v) is 4.15. The van der Waals surface area contributed by atoms with E-state index >= 15 is 0 Å². The highest BCUT2D eigenvalue weighted by Gasteiger charge is 2.11. The van der Waals surface area contributed by atoms with Gasteiger partial charge in [-0.3, -0.25) is 0 Å². The van der Waals surface area contributed by atoms with Crippen LogP contribution in [0.4, 0.5) is 0 Å². The monoisotopic (exact) mass is 304 g/mol. The highest BCUT2D eigenvalue weighted by atomic mass is 32.1. The molecule has 0 radical (unpaired) electrons. The smallest absolute Gasteiger partial charge is 0.136 e. The van der Waals surface area contributed by atoms with Gasteiger partial charge in [-0.2, -0.15) is 0 Å². The number of benzene rings is 1. The van der Waals surface area contributed by atoms with Gasteiger partial charge in [0.05, 0.1) is 27.2 Å². The molecule has 0 bridgehead atoms. The molecule has 0 aliphatic carbocycles. The van der Waals surface area contributed by atoms with Gasteiger partial charge in [-0.25, -0.2) is 9.97 Å². The van der Waals surface area contributed by atoms with Crippen molar-refractivity contribution in [2.75, 3.05) is 7.11 Å². The molecule has 0 N–H and O–H groups in total. The van der Waals surface area contributed by atoms with E-state index in [1.54, 1.807) is 29.8 Å². The molecule has 0 aliphatic rings. The molecule has 0 fully saturated rings. The van der Waals surface area contributed by atoms with E-state index in [2.05, 4.69) is 23.8 Å². The standard InChI is InChI=1S/C15H16N2OS2/c1-9(2)6-14-16-8-13(19-14)15-17-11-5-4-10(18-3)7-12(11)20-15/h4-5,7-9H,6H2,1-3H3. The average Bonchev–Trinajstić information content (AvgIpc) is 3.02. The van der Waals surface area contributed by atoms with Gasteiger partial charge in [-0.05, 0) is 24.1 Å². The lowest BCUT2D eigenvalue weighted by Gasteiger charge is -1.97. The predicted molar refractivity (Wildman–Crippen MR) is 85.8 cm³/mol. The van der Waals surface area contributed by atoms with Crippen LogP contribution in [0.2, 0.25) is 0 Å². The van der Waals surface area contributed by atoms with Crippen LogP contribution in [0.15, 0.2) is 24.4 Å². The van der Waals surface area contributed by atoms with Gasteiger partial charge in [0, 0.05) is 12.6 Å². The summed E-state index contributed by atoms with van der Waals surface area (Å²) in [5, 5.41) is 2.23. The number of aromatic nitrogens is 2. The third-order valence-electron chi connectivity index (χ3n) is 2.94. The molecule has 0 saturated carbocycles. The van der Waals surface area contributed by atoms with Crippen LogP contribution in [0.3, 0.4) is 0 Å². The molecule has 0 saturated heterocycles. The lowest BCUT2D eigenvalue weighted by atomic mass is 10.1. The summed E-state index contributed by atoms with van der Waals surface area (Å²) in [5.74, 6) is 1.51. The van der Waals surface area contributed by atoms with Crippen LogP contribution >= 0.6 is 22.7 Å². The second-order valence-electron chi connectivity index (χ2n) is 5.07. The number of methoxy groups -OCH3 is 1. The maximum atomic E-state index is 5.25. The zero-order valence-electron chi connectivity index (χ0n) is 11.7. The zero-order chi connectivity index (χ0) is 14.1. The summed E-state index contributed by atoms with van der Waals surface area (Å²) in [5.41, 5.74) is 1.02. The molecule has 0 spiro atoms. The summed E-state index contributed by atoms with van der Waals surface area (Å²) >= 11 is 3.44. The van der Waals surface area contributed by atoms with Crippen LogP contribution < -0.4 is 4.74 Å². The molecule has 0 unspecified atom stereocenters. The number of hydrogen-bond donors (Lipinski definition) is 0. The number of rotatable bonds is 4. The van der Waals surface area contributed by atoms with Crippen molar-refractivity contribution < 1.29 is 4.74 Å². The molecule has 5 heteroatoms. The van der Waals surface area contributed by atoms with E-state index < -0.39 is 0 Å². The molecule has 3 nitrogen and oxygen atoms in total. The van der Waals surface area contributed by atoms with E-state index in [9.17, 15) is 0 Å². The van der Waals surface area contributed by atoms with Crippen molar-refractivity contribution >= 4 is 32.9 Å². The Morgan fingerprint density at radius 2 is 2.10 bits per heavy atom. The summed E-state index contributed by atoms with van der Waals surface area (Å²) < 4.78 is 6.41. The van der Waals surface area contributed by atoms with E-state index in [-0.39, 0.29) is 0 Å². The predicted octanol–water partition coefficient (Wildman–Crippen LogP) is 4.63. The van der Waals surface area contributed by atoms with Crippen molar-refractivity contribution in [3.63, 3.8) is 0 Å². The van der Waals surface area contributed by atoms with Crippen LogP contribution in [0.1, 0.15) is 18.9 Å². The van der Waals surface area contributed by atoms with Crippen molar-refractivity contribution in [1.29, 1.82) is 0 Å². The number of nitrogens with zero attached hydrogens (tertiary/aromatic N) is 2.